The van der Waals surface area contributed by atoms with Gasteiger partial charge in [-0.15, -0.1) is 0 Å². The number of hydrogen-bond donors (Lipinski definition) is 1. The van der Waals surface area contributed by atoms with E-state index >= 15 is 0 Å². The number of nitrogens with zero attached hydrogens (tertiary/aromatic N) is 2. The first-order valence-corrected chi connectivity index (χ1v) is 8.96. The van der Waals surface area contributed by atoms with Crippen LogP contribution in [0.2, 0.25) is 0 Å². The zero-order valence-electron chi connectivity index (χ0n) is 12.6. The van der Waals surface area contributed by atoms with E-state index in [2.05, 4.69) is 15.8 Å². The van der Waals surface area contributed by atoms with Gasteiger partial charge in [-0.25, -0.2) is 0 Å². The van der Waals surface area contributed by atoms with Gasteiger partial charge in [-0.3, -0.25) is 4.79 Å². The Morgan fingerprint density at radius 2 is 1.79 bits per heavy atom. The number of nitrogens with one attached hydrogen (secondary N) is 1. The minimum atomic E-state index is 0.0232. The average Bonchev–Trinajstić information content (AvgIpc) is 3.02. The van der Waals surface area contributed by atoms with Crippen molar-refractivity contribution in [3.63, 3.8) is 0 Å². The van der Waals surface area contributed by atoms with Gasteiger partial charge in [-0.2, -0.15) is 9.64 Å². The second-order valence-corrected chi connectivity index (χ2v) is 6.61. The normalized spacial score (nSPS) is 10.1. The van der Waals surface area contributed by atoms with Crippen LogP contribution in [-0.2, 0) is 0 Å². The fourth-order valence-electron chi connectivity index (χ4n) is 2.05. The van der Waals surface area contributed by atoms with Gasteiger partial charge >= 0.3 is 0 Å². The van der Waals surface area contributed by atoms with Gasteiger partial charge in [0.2, 0.25) is 0 Å². The number of para-hydroxylation sites is 1. The lowest BCUT2D eigenvalue weighted by atomic mass is 10.2. The van der Waals surface area contributed by atoms with Gasteiger partial charge in [-0.05, 0) is 23.7 Å². The Morgan fingerprint density at radius 3 is 2.46 bits per heavy atom. The summed E-state index contributed by atoms with van der Waals surface area (Å²) in [5.41, 5.74) is 2.05. The van der Waals surface area contributed by atoms with Crippen LogP contribution in [0, 0.1) is 11.3 Å². The number of hydrogen-bond acceptors (Lipinski definition) is 6. The molecule has 0 aliphatic rings. The maximum absolute atomic E-state index is 12.2. The van der Waals surface area contributed by atoms with E-state index in [1.54, 1.807) is 12.1 Å². The Bertz CT molecular complexity index is 870. The molecule has 0 aliphatic heterocycles. The lowest BCUT2D eigenvalue weighted by Gasteiger charge is -2.03. The molecule has 1 heterocycles. The van der Waals surface area contributed by atoms with Gasteiger partial charge in [0, 0.05) is 11.3 Å². The maximum Gasteiger partial charge on any atom is 0.173 e. The smallest absolute Gasteiger partial charge is 0.173 e. The molecule has 3 aromatic rings. The molecule has 0 radical (unpaired) electrons. The van der Waals surface area contributed by atoms with Crippen molar-refractivity contribution in [3.05, 3.63) is 71.8 Å². The topological polar surface area (TPSA) is 65.8 Å². The molecule has 1 N–H and O–H groups in total. The van der Waals surface area contributed by atoms with Gasteiger partial charge in [-0.1, -0.05) is 60.3 Å². The molecule has 0 spiro atoms. The third kappa shape index (κ3) is 3.82. The van der Waals surface area contributed by atoms with Gasteiger partial charge < -0.3 is 5.32 Å². The highest BCUT2D eigenvalue weighted by atomic mass is 32.2. The third-order valence-corrected chi connectivity index (χ3v) is 5.09. The Hall–Kier alpha value is -2.62. The predicted molar refractivity (Wildman–Crippen MR) is 98.1 cm³/mol. The van der Waals surface area contributed by atoms with Crippen molar-refractivity contribution < 1.29 is 4.79 Å². The lowest BCUT2D eigenvalue weighted by Crippen LogP contribution is -2.02. The molecule has 2 aromatic carbocycles. The number of aromatic nitrogens is 1. The second kappa shape index (κ2) is 7.77. The molecule has 24 heavy (non-hydrogen) atoms. The summed E-state index contributed by atoms with van der Waals surface area (Å²) in [6, 6.07) is 20.9. The van der Waals surface area contributed by atoms with Crippen LogP contribution < -0.4 is 5.32 Å². The molecule has 4 nitrogen and oxygen atoms in total. The van der Waals surface area contributed by atoms with Gasteiger partial charge in [0.25, 0.3) is 0 Å². The molecule has 0 unspecified atom stereocenters. The van der Waals surface area contributed by atoms with Crippen LogP contribution in [0.25, 0.3) is 0 Å². The lowest BCUT2D eigenvalue weighted by molar-refractivity contribution is 0.102. The van der Waals surface area contributed by atoms with Crippen molar-refractivity contribution in [1.29, 1.82) is 5.26 Å². The number of thioether (sulfide) groups is 1. The van der Waals surface area contributed by atoms with Crippen LogP contribution in [0.1, 0.15) is 15.9 Å². The number of rotatable bonds is 6. The number of anilines is 2. The van der Waals surface area contributed by atoms with Crippen molar-refractivity contribution in [2.45, 2.75) is 5.03 Å². The van der Waals surface area contributed by atoms with Crippen LogP contribution >= 0.6 is 23.3 Å². The number of benzene rings is 2. The molecule has 1 aromatic heterocycles. The predicted octanol–water partition coefficient (Wildman–Crippen LogP) is 4.73. The van der Waals surface area contributed by atoms with E-state index in [9.17, 15) is 10.1 Å². The third-order valence-electron chi connectivity index (χ3n) is 3.24. The van der Waals surface area contributed by atoms with Crippen LogP contribution in [0.3, 0.4) is 0 Å². The molecule has 0 aliphatic carbocycles. The number of Topliss-reactive ketones (excluding diaryl/α,β-unsaturated/α-hetero) is 1. The Kier molecular flexibility index (Phi) is 5.26. The summed E-state index contributed by atoms with van der Waals surface area (Å²) in [5, 5.41) is 13.9. The van der Waals surface area contributed by atoms with Gasteiger partial charge in [0.05, 0.1) is 5.75 Å². The molecular weight excluding hydrogens is 338 g/mol. The molecule has 0 atom stereocenters. The van der Waals surface area contributed by atoms with E-state index < -0.39 is 0 Å². The van der Waals surface area contributed by atoms with Crippen LogP contribution in [0.5, 0.6) is 0 Å². The van der Waals surface area contributed by atoms with E-state index in [4.69, 9.17) is 0 Å². The Balaban J connectivity index is 1.71. The summed E-state index contributed by atoms with van der Waals surface area (Å²) in [5.74, 6) is 0.280. The van der Waals surface area contributed by atoms with Crippen molar-refractivity contribution >= 4 is 39.8 Å². The molecule has 3 rings (SSSR count). The highest BCUT2D eigenvalue weighted by Gasteiger charge is 2.16. The Morgan fingerprint density at radius 1 is 1.12 bits per heavy atom. The molecule has 0 saturated heterocycles. The van der Waals surface area contributed by atoms with Crippen molar-refractivity contribution in [3.8, 4) is 6.07 Å². The van der Waals surface area contributed by atoms with Crippen molar-refractivity contribution in [1.82, 2.24) is 4.37 Å². The first-order valence-electron chi connectivity index (χ1n) is 7.21. The molecule has 0 saturated carbocycles. The van der Waals surface area contributed by atoms with Crippen LogP contribution in [0.15, 0.2) is 65.7 Å². The Labute approximate surface area is 148 Å². The minimum Gasteiger partial charge on any atom is -0.345 e. The van der Waals surface area contributed by atoms with Crippen LogP contribution in [0.4, 0.5) is 10.7 Å². The monoisotopic (exact) mass is 351 g/mol. The molecule has 118 valence electrons. The first kappa shape index (κ1) is 16.2. The number of ketones is 1. The van der Waals surface area contributed by atoms with Gasteiger partial charge in [0.1, 0.15) is 21.7 Å². The van der Waals surface area contributed by atoms with E-state index in [1.165, 1.54) is 23.3 Å². The fraction of sp³-hybridized carbons (Fsp3) is 0.0556. The van der Waals surface area contributed by atoms with Crippen molar-refractivity contribution in [2.75, 3.05) is 11.1 Å². The number of nitriles is 1. The standard InChI is InChI=1S/C18H13N3OS2/c19-11-15-17(20-14-9-5-2-6-10-14)24-21-18(15)23-12-16(22)13-7-3-1-4-8-13/h1-10,20H,12H2. The summed E-state index contributed by atoms with van der Waals surface area (Å²) < 4.78 is 4.32. The van der Waals surface area contributed by atoms with E-state index in [0.717, 1.165) is 5.69 Å². The zero-order valence-corrected chi connectivity index (χ0v) is 14.2. The summed E-state index contributed by atoms with van der Waals surface area (Å²) in [6.07, 6.45) is 0. The summed E-state index contributed by atoms with van der Waals surface area (Å²) in [7, 11) is 0. The maximum atomic E-state index is 12.2. The average molecular weight is 351 g/mol. The quantitative estimate of drug-likeness (QED) is 0.513. The van der Waals surface area contributed by atoms with E-state index in [-0.39, 0.29) is 11.5 Å². The second-order valence-electron chi connectivity index (χ2n) is 4.87. The highest BCUT2D eigenvalue weighted by molar-refractivity contribution is 8.00. The van der Waals surface area contributed by atoms with Gasteiger partial charge in [0.15, 0.2) is 5.78 Å². The fourth-order valence-corrected chi connectivity index (χ4v) is 3.83. The summed E-state index contributed by atoms with van der Waals surface area (Å²) in [6.45, 7) is 0. The molecular formula is C18H13N3OS2. The SMILES string of the molecule is N#Cc1c(SCC(=O)c2ccccc2)nsc1Nc1ccccc1. The number of carbonyl (C=O) groups is 1. The molecule has 0 fully saturated rings. The van der Waals surface area contributed by atoms with Crippen LogP contribution in [-0.4, -0.2) is 15.9 Å². The summed E-state index contributed by atoms with van der Waals surface area (Å²) in [4.78, 5) is 12.2. The zero-order chi connectivity index (χ0) is 16.8. The number of carbonyl (C=O) groups excluding carboxylic acids is 1. The largest absolute Gasteiger partial charge is 0.345 e. The summed E-state index contributed by atoms with van der Waals surface area (Å²) >= 11 is 2.52. The first-order chi connectivity index (χ1) is 11.8. The van der Waals surface area contributed by atoms with Crippen molar-refractivity contribution in [2.24, 2.45) is 0 Å². The van der Waals surface area contributed by atoms with E-state index in [0.29, 0.717) is 21.2 Å². The highest BCUT2D eigenvalue weighted by Crippen LogP contribution is 2.33. The molecule has 0 amide bonds. The van der Waals surface area contributed by atoms with E-state index in [1.807, 2.05) is 48.5 Å². The molecule has 6 heteroatoms. The minimum absolute atomic E-state index is 0.0232. The molecule has 0 bridgehead atoms.